The van der Waals surface area contributed by atoms with E-state index in [0.717, 1.165) is 37.0 Å². The number of rotatable bonds is 4. The second-order valence-electron chi connectivity index (χ2n) is 8.89. The van der Waals surface area contributed by atoms with Crippen LogP contribution in [-0.4, -0.2) is 22.6 Å². The van der Waals surface area contributed by atoms with Gasteiger partial charge in [-0.3, -0.25) is 9.36 Å². The van der Waals surface area contributed by atoms with Gasteiger partial charge in [0.1, 0.15) is 17.5 Å². The van der Waals surface area contributed by atoms with Crippen molar-refractivity contribution in [2.75, 3.05) is 13.1 Å². The lowest BCUT2D eigenvalue weighted by molar-refractivity contribution is 0.459. The highest BCUT2D eigenvalue weighted by Crippen LogP contribution is 2.42. The van der Waals surface area contributed by atoms with E-state index in [2.05, 4.69) is 5.32 Å². The summed E-state index contributed by atoms with van der Waals surface area (Å²) in [6.45, 7) is 5.27. The minimum absolute atomic E-state index is 0.241. The van der Waals surface area contributed by atoms with E-state index in [1.54, 1.807) is 26.1 Å². The fourth-order valence-corrected chi connectivity index (χ4v) is 6.00. The van der Waals surface area contributed by atoms with E-state index in [4.69, 9.17) is 4.98 Å². The lowest BCUT2D eigenvalue weighted by atomic mass is 9.99. The lowest BCUT2D eigenvalue weighted by Crippen LogP contribution is -2.26. The summed E-state index contributed by atoms with van der Waals surface area (Å²) >= 11 is 1.41. The van der Waals surface area contributed by atoms with E-state index in [1.165, 1.54) is 46.2 Å². The van der Waals surface area contributed by atoms with E-state index in [1.807, 2.05) is 0 Å². The number of nitrogens with zero attached hydrogens (tertiary/aromatic N) is 2. The van der Waals surface area contributed by atoms with E-state index in [9.17, 15) is 18.0 Å². The number of hydrogen-bond donors (Lipinski definition) is 1. The largest absolute Gasteiger partial charge is 0.317 e. The number of halogens is 3. The molecule has 5 rings (SSSR count). The Morgan fingerprint density at radius 3 is 2.37 bits per heavy atom. The maximum Gasteiger partial charge on any atom is 0.255 e. The Hall–Kier alpha value is -3.23. The summed E-state index contributed by atoms with van der Waals surface area (Å²) in [5.41, 5.74) is 3.02. The predicted octanol–water partition coefficient (Wildman–Crippen LogP) is 6.13. The molecule has 4 nitrogen and oxygen atoms in total. The van der Waals surface area contributed by atoms with Gasteiger partial charge in [0.15, 0.2) is 0 Å². The zero-order chi connectivity index (χ0) is 24.7. The molecule has 8 heteroatoms. The SMILES string of the molecule is Cc1cc(F)cc(C)c1-n1cc(-c2nc(C3CCNCC3)sc2-c2ccc(F)cc2F)ccc1=O. The Kier molecular flexibility index (Phi) is 6.34. The molecule has 0 bridgehead atoms. The molecule has 0 radical (unpaired) electrons. The smallest absolute Gasteiger partial charge is 0.255 e. The van der Waals surface area contributed by atoms with Crippen molar-refractivity contribution in [2.24, 2.45) is 0 Å². The standard InChI is InChI=1S/C27H24F3N3OS/c1-15-11-20(29)12-16(2)25(15)33-14-18(3-6-23(33)34)24-26(21-5-4-19(28)13-22(21)30)35-27(32-24)17-7-9-31-10-8-17/h3-6,11-14,17,31H,7-10H2,1-2H3. The van der Waals surface area contributed by atoms with Crippen LogP contribution in [0.3, 0.4) is 0 Å². The van der Waals surface area contributed by atoms with Crippen LogP contribution in [-0.2, 0) is 0 Å². The van der Waals surface area contributed by atoms with Crippen LogP contribution in [0.15, 0.2) is 53.5 Å². The second kappa shape index (κ2) is 9.43. The van der Waals surface area contributed by atoms with Gasteiger partial charge >= 0.3 is 0 Å². The van der Waals surface area contributed by atoms with Crippen LogP contribution in [0.4, 0.5) is 13.2 Å². The number of nitrogens with one attached hydrogen (secondary N) is 1. The van der Waals surface area contributed by atoms with Crippen LogP contribution in [0, 0.1) is 31.3 Å². The van der Waals surface area contributed by atoms with Gasteiger partial charge in [-0.2, -0.15) is 0 Å². The summed E-state index contributed by atoms with van der Waals surface area (Å²) in [6.07, 6.45) is 3.51. The Labute approximate surface area is 205 Å². The molecule has 1 N–H and O–H groups in total. The quantitative estimate of drug-likeness (QED) is 0.371. The van der Waals surface area contributed by atoms with Gasteiger partial charge in [0.25, 0.3) is 5.56 Å². The zero-order valence-electron chi connectivity index (χ0n) is 19.4. The monoisotopic (exact) mass is 495 g/mol. The minimum Gasteiger partial charge on any atom is -0.317 e. The van der Waals surface area contributed by atoms with E-state index in [0.29, 0.717) is 32.9 Å². The van der Waals surface area contributed by atoms with Crippen molar-refractivity contribution in [1.29, 1.82) is 0 Å². The first kappa shape index (κ1) is 23.5. The Morgan fingerprint density at radius 1 is 0.971 bits per heavy atom. The van der Waals surface area contributed by atoms with Gasteiger partial charge in [-0.05, 0) is 81.2 Å². The van der Waals surface area contributed by atoms with E-state index >= 15 is 0 Å². The Bertz CT molecular complexity index is 1450. The van der Waals surface area contributed by atoms with Crippen molar-refractivity contribution < 1.29 is 13.2 Å². The number of pyridine rings is 1. The molecule has 35 heavy (non-hydrogen) atoms. The van der Waals surface area contributed by atoms with E-state index < -0.39 is 11.6 Å². The van der Waals surface area contributed by atoms with Gasteiger partial charge in [0, 0.05) is 35.4 Å². The Morgan fingerprint density at radius 2 is 1.69 bits per heavy atom. The lowest BCUT2D eigenvalue weighted by Gasteiger charge is -2.20. The summed E-state index contributed by atoms with van der Waals surface area (Å²) in [4.78, 5) is 18.3. The van der Waals surface area contributed by atoms with Crippen molar-refractivity contribution in [1.82, 2.24) is 14.9 Å². The third kappa shape index (κ3) is 4.56. The normalized spacial score (nSPS) is 14.4. The topological polar surface area (TPSA) is 46.9 Å². The molecular formula is C27H24F3N3OS. The highest BCUT2D eigenvalue weighted by molar-refractivity contribution is 7.15. The maximum atomic E-state index is 14.9. The highest BCUT2D eigenvalue weighted by Gasteiger charge is 2.24. The molecule has 0 spiro atoms. The van der Waals surface area contributed by atoms with E-state index in [-0.39, 0.29) is 22.9 Å². The number of benzene rings is 2. The molecular weight excluding hydrogens is 471 g/mol. The van der Waals surface area contributed by atoms with Gasteiger partial charge in [-0.15, -0.1) is 11.3 Å². The molecule has 0 aliphatic carbocycles. The highest BCUT2D eigenvalue weighted by atomic mass is 32.1. The molecule has 1 fully saturated rings. The van der Waals surface area contributed by atoms with Gasteiger partial charge in [0.05, 0.1) is 21.3 Å². The summed E-state index contributed by atoms with van der Waals surface area (Å²) in [6, 6.07) is 9.41. The first-order valence-corrected chi connectivity index (χ1v) is 12.3. The third-order valence-corrected chi connectivity index (χ3v) is 7.64. The molecule has 0 saturated carbocycles. The molecule has 1 aliphatic heterocycles. The maximum absolute atomic E-state index is 14.9. The molecule has 3 heterocycles. The average Bonchev–Trinajstić information content (AvgIpc) is 3.25. The van der Waals surface area contributed by atoms with Crippen LogP contribution < -0.4 is 10.9 Å². The zero-order valence-corrected chi connectivity index (χ0v) is 20.2. The summed E-state index contributed by atoms with van der Waals surface area (Å²) in [7, 11) is 0. The number of thiazole rings is 1. The van der Waals surface area contributed by atoms with Crippen molar-refractivity contribution in [3.05, 3.63) is 92.6 Å². The fraction of sp³-hybridized carbons (Fsp3) is 0.259. The number of piperidine rings is 1. The van der Waals surface area contributed by atoms with Gasteiger partial charge in [-0.1, -0.05) is 0 Å². The summed E-state index contributed by atoms with van der Waals surface area (Å²) in [5, 5.41) is 4.24. The first-order valence-electron chi connectivity index (χ1n) is 11.5. The Balaban J connectivity index is 1.70. The number of hydrogen-bond acceptors (Lipinski definition) is 4. The molecule has 0 amide bonds. The number of aryl methyl sites for hydroxylation is 2. The predicted molar refractivity (Wildman–Crippen MR) is 133 cm³/mol. The van der Waals surface area contributed by atoms with Gasteiger partial charge in [0.2, 0.25) is 0 Å². The average molecular weight is 496 g/mol. The second-order valence-corrected chi connectivity index (χ2v) is 9.92. The van der Waals surface area contributed by atoms with Crippen LogP contribution >= 0.6 is 11.3 Å². The summed E-state index contributed by atoms with van der Waals surface area (Å²) < 4.78 is 43.9. The summed E-state index contributed by atoms with van der Waals surface area (Å²) in [5.74, 6) is -1.44. The molecule has 180 valence electrons. The van der Waals surface area contributed by atoms with Crippen molar-refractivity contribution >= 4 is 11.3 Å². The van der Waals surface area contributed by atoms with Crippen LogP contribution in [0.2, 0.25) is 0 Å². The molecule has 0 atom stereocenters. The van der Waals surface area contributed by atoms with Crippen LogP contribution in [0.1, 0.15) is 34.9 Å². The molecule has 2 aromatic heterocycles. The molecule has 0 unspecified atom stereocenters. The molecule has 4 aromatic rings. The fourth-order valence-electron chi connectivity index (χ4n) is 4.72. The molecule has 1 saturated heterocycles. The minimum atomic E-state index is -0.662. The van der Waals surface area contributed by atoms with Gasteiger partial charge in [-0.25, -0.2) is 18.2 Å². The first-order chi connectivity index (χ1) is 16.8. The van der Waals surface area contributed by atoms with Crippen molar-refractivity contribution in [3.8, 4) is 27.4 Å². The van der Waals surface area contributed by atoms with Gasteiger partial charge < -0.3 is 5.32 Å². The number of aromatic nitrogens is 2. The molecule has 1 aliphatic rings. The van der Waals surface area contributed by atoms with Crippen molar-refractivity contribution in [2.45, 2.75) is 32.6 Å². The third-order valence-electron chi connectivity index (χ3n) is 6.39. The van der Waals surface area contributed by atoms with Crippen LogP contribution in [0.5, 0.6) is 0 Å². The van der Waals surface area contributed by atoms with Crippen LogP contribution in [0.25, 0.3) is 27.4 Å². The molecule has 2 aromatic carbocycles. The van der Waals surface area contributed by atoms with Crippen molar-refractivity contribution in [3.63, 3.8) is 0 Å².